The summed E-state index contributed by atoms with van der Waals surface area (Å²) in [6.45, 7) is 0. The van der Waals surface area contributed by atoms with Gasteiger partial charge in [0.2, 0.25) is 0 Å². The van der Waals surface area contributed by atoms with Gasteiger partial charge in [0.1, 0.15) is 5.75 Å². The van der Waals surface area contributed by atoms with Crippen molar-refractivity contribution in [2.24, 2.45) is 0 Å². The molecule has 0 saturated heterocycles. The van der Waals surface area contributed by atoms with Gasteiger partial charge >= 0.3 is 0 Å². The van der Waals surface area contributed by atoms with E-state index in [4.69, 9.17) is 4.74 Å². The molecule has 0 saturated carbocycles. The van der Waals surface area contributed by atoms with Crippen LogP contribution in [0.5, 0.6) is 5.75 Å². The summed E-state index contributed by atoms with van der Waals surface area (Å²) < 4.78 is 5.24. The molecule has 0 aliphatic carbocycles. The molecule has 1 aromatic rings. The molecule has 1 aromatic carbocycles. The fourth-order valence-corrected chi connectivity index (χ4v) is 1.08. The first-order valence-electron chi connectivity index (χ1n) is 3.36. The number of ether oxygens (including phenoxy) is 1. The number of benzene rings is 1. The number of hydrogen-bond donors (Lipinski definition) is 0. The molecule has 1 aliphatic rings. The second-order valence-corrected chi connectivity index (χ2v) is 2.30. The molecule has 1 aliphatic heterocycles. The Morgan fingerprint density at radius 1 is 1.17 bits per heavy atom. The molecule has 1 nitrogen and oxygen atoms in total. The van der Waals surface area contributed by atoms with Gasteiger partial charge in [-0.1, -0.05) is 18.2 Å². The SMILES string of the molecule is C1=COc2ccccc2C1.[Co].[Ti]. The van der Waals surface area contributed by atoms with Gasteiger partial charge in [-0.15, -0.1) is 0 Å². The smallest absolute Gasteiger partial charge is 0.130 e. The minimum atomic E-state index is 0. The molecule has 0 fully saturated rings. The van der Waals surface area contributed by atoms with E-state index in [0.29, 0.717) is 0 Å². The Bertz CT molecular complexity index is 246. The fourth-order valence-electron chi connectivity index (χ4n) is 1.08. The third kappa shape index (κ3) is 2.49. The maximum atomic E-state index is 5.24. The van der Waals surface area contributed by atoms with E-state index in [1.54, 1.807) is 6.26 Å². The van der Waals surface area contributed by atoms with Gasteiger partial charge in [0, 0.05) is 38.5 Å². The van der Waals surface area contributed by atoms with Crippen molar-refractivity contribution in [2.75, 3.05) is 0 Å². The van der Waals surface area contributed by atoms with E-state index in [1.807, 2.05) is 24.3 Å². The molecule has 0 aromatic heterocycles. The summed E-state index contributed by atoms with van der Waals surface area (Å²) in [5.41, 5.74) is 1.27. The van der Waals surface area contributed by atoms with E-state index in [0.717, 1.165) is 12.2 Å². The topological polar surface area (TPSA) is 9.23 Å². The van der Waals surface area contributed by atoms with Crippen LogP contribution < -0.4 is 4.74 Å². The molecule has 3 heteroatoms. The zero-order valence-corrected chi connectivity index (χ0v) is 9.02. The van der Waals surface area contributed by atoms with E-state index < -0.39 is 0 Å². The standard InChI is InChI=1S/C9H8O.Co.Ti/c1-2-6-9-8(4-1)5-3-7-10-9;;/h1-4,6-7H,5H2;;. The molecular formula is C9H8CoOTi. The van der Waals surface area contributed by atoms with Crippen LogP contribution in [0.25, 0.3) is 0 Å². The van der Waals surface area contributed by atoms with Crippen molar-refractivity contribution in [1.29, 1.82) is 0 Å². The molecule has 0 atom stereocenters. The Morgan fingerprint density at radius 2 is 1.92 bits per heavy atom. The summed E-state index contributed by atoms with van der Waals surface area (Å²) in [5, 5.41) is 0. The number of para-hydroxylation sites is 1. The summed E-state index contributed by atoms with van der Waals surface area (Å²) in [4.78, 5) is 0. The molecule has 12 heavy (non-hydrogen) atoms. The minimum Gasteiger partial charge on any atom is -0.465 e. The minimum absolute atomic E-state index is 0. The molecule has 0 spiro atoms. The van der Waals surface area contributed by atoms with Crippen LogP contribution in [0.3, 0.4) is 0 Å². The third-order valence-corrected chi connectivity index (χ3v) is 1.60. The van der Waals surface area contributed by atoms with Crippen LogP contribution in [0.4, 0.5) is 0 Å². The van der Waals surface area contributed by atoms with Crippen LogP contribution in [0.1, 0.15) is 5.56 Å². The molecule has 0 unspecified atom stereocenters. The fraction of sp³-hybridized carbons (Fsp3) is 0.111. The average molecular weight is 239 g/mol. The monoisotopic (exact) mass is 239 g/mol. The molecule has 0 amide bonds. The molecule has 1 radical (unpaired) electrons. The second kappa shape index (κ2) is 5.60. The summed E-state index contributed by atoms with van der Waals surface area (Å²) in [6, 6.07) is 8.08. The average Bonchev–Trinajstić information content (AvgIpc) is 2.05. The normalized spacial score (nSPS) is 11.7. The van der Waals surface area contributed by atoms with Crippen LogP contribution in [0.2, 0.25) is 0 Å². The number of hydrogen-bond acceptors (Lipinski definition) is 1. The van der Waals surface area contributed by atoms with E-state index in [1.165, 1.54) is 5.56 Å². The van der Waals surface area contributed by atoms with Gasteiger partial charge in [-0.3, -0.25) is 0 Å². The summed E-state index contributed by atoms with van der Waals surface area (Å²) >= 11 is 0. The van der Waals surface area contributed by atoms with E-state index in [-0.39, 0.29) is 38.5 Å². The first-order chi connectivity index (χ1) is 4.97. The second-order valence-electron chi connectivity index (χ2n) is 2.30. The molecule has 63 valence electrons. The number of fused-ring (bicyclic) bond motifs is 1. The summed E-state index contributed by atoms with van der Waals surface area (Å²) in [5.74, 6) is 0.991. The summed E-state index contributed by atoms with van der Waals surface area (Å²) in [6.07, 6.45) is 4.75. The maximum absolute atomic E-state index is 5.24. The van der Waals surface area contributed by atoms with Gasteiger partial charge in [0.15, 0.2) is 0 Å². The number of rotatable bonds is 0. The van der Waals surface area contributed by atoms with Gasteiger partial charge in [-0.2, -0.15) is 0 Å². The van der Waals surface area contributed by atoms with Gasteiger partial charge in [-0.25, -0.2) is 0 Å². The van der Waals surface area contributed by atoms with Gasteiger partial charge in [0.05, 0.1) is 6.26 Å². The van der Waals surface area contributed by atoms with Crippen LogP contribution in [-0.4, -0.2) is 0 Å². The molecule has 0 N–H and O–H groups in total. The zero-order chi connectivity index (χ0) is 6.81. The summed E-state index contributed by atoms with van der Waals surface area (Å²) in [7, 11) is 0. The predicted molar refractivity (Wildman–Crippen MR) is 39.9 cm³/mol. The van der Waals surface area contributed by atoms with Crippen LogP contribution >= 0.6 is 0 Å². The molecule has 0 bridgehead atoms. The zero-order valence-electron chi connectivity index (χ0n) is 6.41. The van der Waals surface area contributed by atoms with Crippen molar-refractivity contribution < 1.29 is 43.2 Å². The Hall–Kier alpha value is -0.0192. The van der Waals surface area contributed by atoms with Crippen molar-refractivity contribution in [3.05, 3.63) is 42.2 Å². The molecule has 2 rings (SSSR count). The Morgan fingerprint density at radius 3 is 2.67 bits per heavy atom. The van der Waals surface area contributed by atoms with Crippen molar-refractivity contribution in [1.82, 2.24) is 0 Å². The first kappa shape index (κ1) is 12.0. The van der Waals surface area contributed by atoms with Crippen molar-refractivity contribution >= 4 is 0 Å². The van der Waals surface area contributed by atoms with E-state index in [2.05, 4.69) is 6.07 Å². The molecular weight excluding hydrogens is 231 g/mol. The molecule has 1 heterocycles. The quantitative estimate of drug-likeness (QED) is 0.630. The van der Waals surface area contributed by atoms with Crippen LogP contribution in [0.15, 0.2) is 36.6 Å². The van der Waals surface area contributed by atoms with Crippen molar-refractivity contribution in [2.45, 2.75) is 6.42 Å². The maximum Gasteiger partial charge on any atom is 0.130 e. The van der Waals surface area contributed by atoms with Crippen molar-refractivity contribution in [3.63, 3.8) is 0 Å². The van der Waals surface area contributed by atoms with Crippen LogP contribution in [-0.2, 0) is 44.9 Å². The van der Waals surface area contributed by atoms with Gasteiger partial charge in [0.25, 0.3) is 0 Å². The first-order valence-corrected chi connectivity index (χ1v) is 3.36. The van der Waals surface area contributed by atoms with E-state index in [9.17, 15) is 0 Å². The third-order valence-electron chi connectivity index (χ3n) is 1.60. The Labute approximate surface area is 97.3 Å². The predicted octanol–water partition coefficient (Wildman–Crippen LogP) is 2.13. The van der Waals surface area contributed by atoms with Crippen LogP contribution in [0, 0.1) is 0 Å². The Balaban J connectivity index is 0.000000605. The van der Waals surface area contributed by atoms with E-state index >= 15 is 0 Å². The van der Waals surface area contributed by atoms with Crippen molar-refractivity contribution in [3.8, 4) is 5.75 Å². The van der Waals surface area contributed by atoms with Gasteiger partial charge in [-0.05, 0) is 24.1 Å². The Kier molecular flexibility index (Phi) is 5.59. The largest absolute Gasteiger partial charge is 0.465 e. The van der Waals surface area contributed by atoms with Gasteiger partial charge < -0.3 is 4.74 Å². The number of allylic oxidation sites excluding steroid dienone is 1.